The Bertz CT molecular complexity index is 499. The zero-order chi connectivity index (χ0) is 14.4. The van der Waals surface area contributed by atoms with Crippen LogP contribution in [-0.4, -0.2) is 22.7 Å². The zero-order valence-corrected chi connectivity index (χ0v) is 11.8. The first-order valence-electron chi connectivity index (χ1n) is 6.93. The average molecular weight is 270 g/mol. The maximum Gasteiger partial charge on any atom is 0.0917 e. The second-order valence-electron chi connectivity index (χ2n) is 5.08. The Morgan fingerprint density at radius 1 is 1.00 bits per heavy atom. The fourth-order valence-corrected chi connectivity index (χ4v) is 2.20. The third-order valence-corrected chi connectivity index (χ3v) is 3.40. The molecule has 2 aromatic rings. The molecule has 0 saturated heterocycles. The number of nitrogens with two attached hydrogens (primary N) is 1. The van der Waals surface area contributed by atoms with Crippen LogP contribution >= 0.6 is 0 Å². The van der Waals surface area contributed by atoms with Gasteiger partial charge in [0.25, 0.3) is 0 Å². The van der Waals surface area contributed by atoms with Crippen LogP contribution in [0.25, 0.3) is 0 Å². The molecule has 3 N–H and O–H groups in total. The van der Waals surface area contributed by atoms with Crippen molar-refractivity contribution < 1.29 is 5.11 Å². The highest BCUT2D eigenvalue weighted by Gasteiger charge is 2.16. The zero-order valence-electron chi connectivity index (χ0n) is 11.8. The van der Waals surface area contributed by atoms with Crippen molar-refractivity contribution in [2.75, 3.05) is 6.54 Å². The summed E-state index contributed by atoms with van der Waals surface area (Å²) in [5.41, 5.74) is 8.15. The molecule has 20 heavy (non-hydrogen) atoms. The number of benzene rings is 2. The van der Waals surface area contributed by atoms with Gasteiger partial charge in [-0.15, -0.1) is 0 Å². The van der Waals surface area contributed by atoms with Gasteiger partial charge in [0.1, 0.15) is 0 Å². The van der Waals surface area contributed by atoms with Crippen molar-refractivity contribution in [1.29, 1.82) is 0 Å². The van der Waals surface area contributed by atoms with E-state index in [0.717, 1.165) is 12.1 Å². The Labute approximate surface area is 120 Å². The second kappa shape index (κ2) is 7.20. The minimum Gasteiger partial charge on any atom is -0.387 e. The lowest BCUT2D eigenvalue weighted by Gasteiger charge is -2.28. The Morgan fingerprint density at radius 3 is 2.10 bits per heavy atom. The van der Waals surface area contributed by atoms with E-state index in [2.05, 4.69) is 17.0 Å². The maximum absolute atomic E-state index is 10.3. The highest BCUT2D eigenvalue weighted by Crippen LogP contribution is 2.16. The van der Waals surface area contributed by atoms with Crippen LogP contribution < -0.4 is 5.73 Å². The highest BCUT2D eigenvalue weighted by molar-refractivity contribution is 5.18. The average Bonchev–Trinajstić information content (AvgIpc) is 2.48. The number of hydrogen-bond acceptors (Lipinski definition) is 3. The number of aliphatic hydroxyl groups is 1. The molecule has 0 aromatic heterocycles. The van der Waals surface area contributed by atoms with Gasteiger partial charge in [0, 0.05) is 13.1 Å². The van der Waals surface area contributed by atoms with Gasteiger partial charge in [-0.05, 0) is 18.1 Å². The minimum absolute atomic E-state index is 0.103. The second-order valence-corrected chi connectivity index (χ2v) is 5.08. The SMILES string of the molecule is CC(N)N(Cc1ccccc1)CC(O)c1ccccc1. The molecule has 0 heterocycles. The van der Waals surface area contributed by atoms with E-state index in [4.69, 9.17) is 5.73 Å². The molecule has 106 valence electrons. The summed E-state index contributed by atoms with van der Waals surface area (Å²) < 4.78 is 0. The number of hydrogen-bond donors (Lipinski definition) is 2. The molecule has 0 saturated carbocycles. The van der Waals surface area contributed by atoms with Crippen molar-refractivity contribution >= 4 is 0 Å². The van der Waals surface area contributed by atoms with Crippen molar-refractivity contribution in [3.63, 3.8) is 0 Å². The Kier molecular flexibility index (Phi) is 5.30. The highest BCUT2D eigenvalue weighted by atomic mass is 16.3. The third-order valence-electron chi connectivity index (χ3n) is 3.40. The van der Waals surface area contributed by atoms with Crippen LogP contribution in [0.4, 0.5) is 0 Å². The summed E-state index contributed by atoms with van der Waals surface area (Å²) in [5, 5.41) is 10.3. The molecule has 0 fully saturated rings. The van der Waals surface area contributed by atoms with Crippen molar-refractivity contribution in [1.82, 2.24) is 4.90 Å². The normalized spacial score (nSPS) is 14.2. The number of rotatable bonds is 6. The van der Waals surface area contributed by atoms with E-state index in [0.29, 0.717) is 6.54 Å². The van der Waals surface area contributed by atoms with Gasteiger partial charge in [0.15, 0.2) is 0 Å². The van der Waals surface area contributed by atoms with E-state index in [-0.39, 0.29) is 6.17 Å². The molecule has 0 radical (unpaired) electrons. The lowest BCUT2D eigenvalue weighted by atomic mass is 10.1. The van der Waals surface area contributed by atoms with Gasteiger partial charge in [0.05, 0.1) is 12.3 Å². The Morgan fingerprint density at radius 2 is 1.55 bits per heavy atom. The van der Waals surface area contributed by atoms with Gasteiger partial charge in [-0.2, -0.15) is 0 Å². The molecule has 0 amide bonds. The first-order valence-corrected chi connectivity index (χ1v) is 6.93. The summed E-state index contributed by atoms with van der Waals surface area (Å²) in [4.78, 5) is 2.08. The van der Waals surface area contributed by atoms with Crippen LogP contribution in [0.15, 0.2) is 60.7 Å². The van der Waals surface area contributed by atoms with Crippen LogP contribution in [0.1, 0.15) is 24.2 Å². The van der Waals surface area contributed by atoms with Crippen molar-refractivity contribution in [2.24, 2.45) is 5.73 Å². The van der Waals surface area contributed by atoms with Gasteiger partial charge in [-0.3, -0.25) is 4.90 Å². The van der Waals surface area contributed by atoms with Gasteiger partial charge >= 0.3 is 0 Å². The molecular weight excluding hydrogens is 248 g/mol. The van der Waals surface area contributed by atoms with Crippen LogP contribution in [0.2, 0.25) is 0 Å². The summed E-state index contributed by atoms with van der Waals surface area (Å²) in [5.74, 6) is 0. The van der Waals surface area contributed by atoms with Gasteiger partial charge in [-0.1, -0.05) is 60.7 Å². The molecule has 0 aliphatic rings. The number of aliphatic hydroxyl groups excluding tert-OH is 1. The van der Waals surface area contributed by atoms with Crippen molar-refractivity contribution in [3.8, 4) is 0 Å². The van der Waals surface area contributed by atoms with Crippen molar-refractivity contribution in [2.45, 2.75) is 25.7 Å². The first-order chi connectivity index (χ1) is 9.66. The topological polar surface area (TPSA) is 49.5 Å². The molecule has 3 heteroatoms. The molecular formula is C17H22N2O. The minimum atomic E-state index is -0.522. The third kappa shape index (κ3) is 4.17. The monoisotopic (exact) mass is 270 g/mol. The lowest BCUT2D eigenvalue weighted by Crippen LogP contribution is -2.41. The molecule has 2 unspecified atom stereocenters. The van der Waals surface area contributed by atoms with Crippen LogP contribution in [0, 0.1) is 0 Å². The molecule has 2 rings (SSSR count). The van der Waals surface area contributed by atoms with Gasteiger partial charge in [-0.25, -0.2) is 0 Å². The summed E-state index contributed by atoms with van der Waals surface area (Å²) in [6.45, 7) is 3.21. The predicted molar refractivity (Wildman–Crippen MR) is 81.9 cm³/mol. The number of nitrogens with zero attached hydrogens (tertiary/aromatic N) is 1. The molecule has 0 bridgehead atoms. The fourth-order valence-electron chi connectivity index (χ4n) is 2.20. The molecule has 3 nitrogen and oxygen atoms in total. The van der Waals surface area contributed by atoms with Crippen LogP contribution in [0.5, 0.6) is 0 Å². The van der Waals surface area contributed by atoms with E-state index in [1.165, 1.54) is 5.56 Å². The predicted octanol–water partition coefficient (Wildman–Crippen LogP) is 2.53. The van der Waals surface area contributed by atoms with Crippen LogP contribution in [0.3, 0.4) is 0 Å². The van der Waals surface area contributed by atoms with E-state index in [9.17, 15) is 5.11 Å². The lowest BCUT2D eigenvalue weighted by molar-refractivity contribution is 0.0876. The van der Waals surface area contributed by atoms with Crippen LogP contribution in [-0.2, 0) is 6.54 Å². The smallest absolute Gasteiger partial charge is 0.0917 e. The first kappa shape index (κ1) is 14.7. The van der Waals surface area contributed by atoms with Gasteiger partial charge in [0.2, 0.25) is 0 Å². The summed E-state index contributed by atoms with van der Waals surface area (Å²) in [7, 11) is 0. The summed E-state index contributed by atoms with van der Waals surface area (Å²) in [6.07, 6.45) is -0.625. The van der Waals surface area contributed by atoms with E-state index in [1.54, 1.807) is 0 Å². The standard InChI is InChI=1S/C17H22N2O/c1-14(18)19(12-15-8-4-2-5-9-15)13-17(20)16-10-6-3-7-11-16/h2-11,14,17,20H,12-13,18H2,1H3. The summed E-state index contributed by atoms with van der Waals surface area (Å²) >= 11 is 0. The molecule has 0 aliphatic heterocycles. The van der Waals surface area contributed by atoms with Crippen molar-refractivity contribution in [3.05, 3.63) is 71.8 Å². The Hall–Kier alpha value is -1.68. The summed E-state index contributed by atoms with van der Waals surface area (Å²) in [6, 6.07) is 19.9. The molecule has 2 atom stereocenters. The quantitative estimate of drug-likeness (QED) is 0.793. The van der Waals surface area contributed by atoms with E-state index in [1.807, 2.05) is 55.5 Å². The molecule has 2 aromatic carbocycles. The van der Waals surface area contributed by atoms with Gasteiger partial charge < -0.3 is 10.8 Å². The maximum atomic E-state index is 10.3. The molecule has 0 aliphatic carbocycles. The van der Waals surface area contributed by atoms with E-state index >= 15 is 0 Å². The largest absolute Gasteiger partial charge is 0.387 e. The fraction of sp³-hybridized carbons (Fsp3) is 0.294. The van der Waals surface area contributed by atoms with E-state index < -0.39 is 6.10 Å². The molecule has 0 spiro atoms. The Balaban J connectivity index is 2.03.